The maximum Gasteiger partial charge on any atom is 0.0714 e. The minimum atomic E-state index is -0.563. The minimum absolute atomic E-state index is 0.563. The van der Waals surface area contributed by atoms with Crippen molar-refractivity contribution in [3.05, 3.63) is 353 Å². The number of hydrogen-bond acceptors (Lipinski definition) is 1. The third-order valence-electron chi connectivity index (χ3n) is 16.5. The van der Waals surface area contributed by atoms with E-state index in [-0.39, 0.29) is 0 Å². The molecule has 0 saturated carbocycles. The van der Waals surface area contributed by atoms with E-state index in [1.807, 2.05) is 0 Å². The molecule has 0 aromatic heterocycles. The molecule has 12 aromatic rings. The molecular weight excluding hydrogens is 927 g/mol. The summed E-state index contributed by atoms with van der Waals surface area (Å²) in [4.78, 5) is 2.50. The first-order valence-electron chi connectivity index (χ1n) is 26.9. The standard InChI is InChI=1S/C76H55N/c1-52-44-53(2)46-56(45-52)59-48-57(54-22-8-3-9-23-54)47-58(49-59)55-36-38-64(39-37-55)77(65-40-42-69-67-32-18-20-34-71(67)75(73(69)50-65,60-24-10-4-11-25-60)61-26-12-5-13-27-61)66-41-43-70-68-33-19-21-35-72(68)76(74(70)51-66,62-28-14-6-15-29-62)63-30-16-7-17-31-63/h3-51H,1-2H3. The number of hydrogen-bond donors (Lipinski definition) is 0. The zero-order chi connectivity index (χ0) is 51.5. The summed E-state index contributed by atoms with van der Waals surface area (Å²) in [5.74, 6) is 0. The molecule has 0 atom stereocenters. The summed E-state index contributed by atoms with van der Waals surface area (Å²) >= 11 is 0. The van der Waals surface area contributed by atoms with E-state index in [9.17, 15) is 0 Å². The Morgan fingerprint density at radius 3 is 0.948 bits per heavy atom. The van der Waals surface area contributed by atoms with E-state index < -0.39 is 10.8 Å². The Morgan fingerprint density at radius 1 is 0.221 bits per heavy atom. The average molecular weight is 982 g/mol. The van der Waals surface area contributed by atoms with Gasteiger partial charge < -0.3 is 4.90 Å². The van der Waals surface area contributed by atoms with Crippen LogP contribution in [0.15, 0.2) is 297 Å². The molecule has 1 nitrogen and oxygen atoms in total. The summed E-state index contributed by atoms with van der Waals surface area (Å²) in [6.07, 6.45) is 0. The first-order chi connectivity index (χ1) is 38.0. The third-order valence-corrected chi connectivity index (χ3v) is 16.5. The van der Waals surface area contributed by atoms with Crippen molar-refractivity contribution >= 4 is 17.1 Å². The van der Waals surface area contributed by atoms with E-state index in [2.05, 4.69) is 316 Å². The van der Waals surface area contributed by atoms with Crippen LogP contribution < -0.4 is 4.90 Å². The first kappa shape index (κ1) is 46.0. The molecular formula is C76H55N. The smallest absolute Gasteiger partial charge is 0.0714 e. The lowest BCUT2D eigenvalue weighted by Crippen LogP contribution is -2.29. The van der Waals surface area contributed by atoms with Crippen molar-refractivity contribution in [2.24, 2.45) is 0 Å². The van der Waals surface area contributed by atoms with Gasteiger partial charge in [-0.15, -0.1) is 0 Å². The molecule has 1 heteroatoms. The summed E-state index contributed by atoms with van der Waals surface area (Å²) in [6.45, 7) is 4.38. The maximum absolute atomic E-state index is 2.50. The lowest BCUT2D eigenvalue weighted by Gasteiger charge is -2.36. The van der Waals surface area contributed by atoms with Crippen LogP contribution in [0.3, 0.4) is 0 Å². The Balaban J connectivity index is 1.00. The largest absolute Gasteiger partial charge is 0.310 e. The summed E-state index contributed by atoms with van der Waals surface area (Å²) in [5, 5.41) is 0. The highest BCUT2D eigenvalue weighted by Crippen LogP contribution is 2.59. The van der Waals surface area contributed by atoms with E-state index in [0.29, 0.717) is 0 Å². The molecule has 14 rings (SSSR count). The van der Waals surface area contributed by atoms with Crippen molar-refractivity contribution in [3.8, 4) is 55.6 Å². The van der Waals surface area contributed by atoms with Gasteiger partial charge in [0.05, 0.1) is 10.8 Å². The Hall–Kier alpha value is -9.56. The lowest BCUT2D eigenvalue weighted by molar-refractivity contribution is 0.767. The number of fused-ring (bicyclic) bond motifs is 6. The van der Waals surface area contributed by atoms with E-state index in [4.69, 9.17) is 0 Å². The molecule has 12 aromatic carbocycles. The van der Waals surface area contributed by atoms with Crippen LogP contribution in [-0.2, 0) is 10.8 Å². The van der Waals surface area contributed by atoms with Crippen molar-refractivity contribution < 1.29 is 0 Å². The third kappa shape index (κ3) is 7.45. The Kier molecular flexibility index (Phi) is 11.2. The molecule has 0 fully saturated rings. The minimum Gasteiger partial charge on any atom is -0.310 e. The molecule has 2 aliphatic carbocycles. The topological polar surface area (TPSA) is 3.24 Å². The van der Waals surface area contributed by atoms with Crippen LogP contribution in [0.1, 0.15) is 55.6 Å². The molecule has 0 heterocycles. The van der Waals surface area contributed by atoms with Crippen LogP contribution >= 0.6 is 0 Å². The molecule has 0 spiro atoms. The van der Waals surface area contributed by atoms with Crippen LogP contribution in [0.4, 0.5) is 17.1 Å². The number of benzene rings is 12. The van der Waals surface area contributed by atoms with Gasteiger partial charge in [-0.2, -0.15) is 0 Å². The van der Waals surface area contributed by atoms with E-state index in [0.717, 1.165) is 22.6 Å². The van der Waals surface area contributed by atoms with Gasteiger partial charge in [0.2, 0.25) is 0 Å². The van der Waals surface area contributed by atoms with Gasteiger partial charge in [-0.25, -0.2) is 0 Å². The highest BCUT2D eigenvalue weighted by Gasteiger charge is 2.48. The molecule has 0 unspecified atom stereocenters. The molecule has 0 saturated heterocycles. The molecule has 0 N–H and O–H groups in total. The quantitative estimate of drug-likeness (QED) is 0.132. The second kappa shape index (κ2) is 18.7. The van der Waals surface area contributed by atoms with E-state index in [1.165, 1.54) is 106 Å². The van der Waals surface area contributed by atoms with Gasteiger partial charge in [-0.05, 0) is 169 Å². The summed E-state index contributed by atoms with van der Waals surface area (Å²) in [6, 6.07) is 111. The zero-order valence-electron chi connectivity index (χ0n) is 43.2. The van der Waals surface area contributed by atoms with Crippen LogP contribution in [0.25, 0.3) is 55.6 Å². The normalized spacial score (nSPS) is 13.3. The van der Waals surface area contributed by atoms with Gasteiger partial charge in [-0.3, -0.25) is 0 Å². The predicted molar refractivity (Wildman–Crippen MR) is 322 cm³/mol. The molecule has 2 aliphatic rings. The van der Waals surface area contributed by atoms with Crippen molar-refractivity contribution in [1.82, 2.24) is 0 Å². The molecule has 364 valence electrons. The highest BCUT2D eigenvalue weighted by molar-refractivity contribution is 5.93. The van der Waals surface area contributed by atoms with Crippen molar-refractivity contribution in [3.63, 3.8) is 0 Å². The van der Waals surface area contributed by atoms with Gasteiger partial charge in [-0.1, -0.05) is 254 Å². The molecule has 77 heavy (non-hydrogen) atoms. The van der Waals surface area contributed by atoms with Crippen LogP contribution in [0, 0.1) is 13.8 Å². The highest BCUT2D eigenvalue weighted by atomic mass is 15.1. The Labute approximate surface area is 452 Å². The monoisotopic (exact) mass is 981 g/mol. The maximum atomic E-state index is 2.50. The molecule has 0 amide bonds. The predicted octanol–water partition coefficient (Wildman–Crippen LogP) is 19.5. The zero-order valence-corrected chi connectivity index (χ0v) is 43.2. The van der Waals surface area contributed by atoms with Gasteiger partial charge in [0, 0.05) is 17.1 Å². The summed E-state index contributed by atoms with van der Waals surface area (Å²) in [7, 11) is 0. The summed E-state index contributed by atoms with van der Waals surface area (Å²) < 4.78 is 0. The van der Waals surface area contributed by atoms with Gasteiger partial charge in [0.1, 0.15) is 0 Å². The van der Waals surface area contributed by atoms with Crippen LogP contribution in [0.2, 0.25) is 0 Å². The lowest BCUT2D eigenvalue weighted by atomic mass is 9.67. The van der Waals surface area contributed by atoms with Gasteiger partial charge in [0.25, 0.3) is 0 Å². The molecule has 0 aliphatic heterocycles. The SMILES string of the molecule is Cc1cc(C)cc(-c2cc(-c3ccccc3)cc(-c3ccc(N(c4ccc5c(c4)C(c4ccccc4)(c4ccccc4)c4ccccc4-5)c4ccc5c(c4)C(c4ccccc4)(c4ccccc4)c4ccccc4-5)cc3)c2)c1. The van der Waals surface area contributed by atoms with E-state index in [1.54, 1.807) is 0 Å². The number of rotatable bonds is 10. The second-order valence-corrected chi connectivity index (χ2v) is 20.9. The second-order valence-electron chi connectivity index (χ2n) is 20.9. The average Bonchev–Trinajstić information content (AvgIpc) is 4.18. The van der Waals surface area contributed by atoms with Crippen LogP contribution in [-0.4, -0.2) is 0 Å². The fraction of sp³-hybridized carbons (Fsp3) is 0.0526. The van der Waals surface area contributed by atoms with Crippen molar-refractivity contribution in [2.45, 2.75) is 24.7 Å². The van der Waals surface area contributed by atoms with Crippen molar-refractivity contribution in [1.29, 1.82) is 0 Å². The Morgan fingerprint density at radius 2 is 0.532 bits per heavy atom. The number of anilines is 3. The number of aryl methyl sites for hydroxylation is 2. The number of nitrogens with zero attached hydrogens (tertiary/aromatic N) is 1. The molecule has 0 radical (unpaired) electrons. The summed E-state index contributed by atoms with van der Waals surface area (Å²) in [5.41, 5.74) is 26.9. The Bertz CT molecular complexity index is 3860. The fourth-order valence-electron chi connectivity index (χ4n) is 13.3. The van der Waals surface area contributed by atoms with Gasteiger partial charge in [0.15, 0.2) is 0 Å². The van der Waals surface area contributed by atoms with Crippen LogP contribution in [0.5, 0.6) is 0 Å². The fourth-order valence-corrected chi connectivity index (χ4v) is 13.3. The molecule has 0 bridgehead atoms. The first-order valence-corrected chi connectivity index (χ1v) is 26.9. The van der Waals surface area contributed by atoms with E-state index >= 15 is 0 Å². The van der Waals surface area contributed by atoms with Gasteiger partial charge >= 0.3 is 0 Å². The van der Waals surface area contributed by atoms with Crippen molar-refractivity contribution in [2.75, 3.05) is 4.90 Å².